The summed E-state index contributed by atoms with van der Waals surface area (Å²) in [5, 5.41) is 3.30. The first-order valence-corrected chi connectivity index (χ1v) is 10.8. The SMILES string of the molecule is CC(=O)Nc1ccc(N2C(=O)CC(c3ccccc3Cl)C3=C2CC(C)(C)CC3=O)cc1. The van der Waals surface area contributed by atoms with E-state index < -0.39 is 0 Å². The summed E-state index contributed by atoms with van der Waals surface area (Å²) in [7, 11) is 0. The van der Waals surface area contributed by atoms with Gasteiger partial charge in [-0.1, -0.05) is 43.6 Å². The van der Waals surface area contributed by atoms with Crippen molar-refractivity contribution >= 4 is 40.6 Å². The first-order chi connectivity index (χ1) is 14.7. The fourth-order valence-electron chi connectivity index (χ4n) is 4.64. The molecule has 0 fully saturated rings. The molecule has 2 aromatic rings. The van der Waals surface area contributed by atoms with Crippen LogP contribution in [0, 0.1) is 5.41 Å². The van der Waals surface area contributed by atoms with Crippen molar-refractivity contribution in [3.63, 3.8) is 0 Å². The second-order valence-electron chi connectivity index (χ2n) is 9.04. The van der Waals surface area contributed by atoms with Gasteiger partial charge in [0.15, 0.2) is 5.78 Å². The molecule has 1 heterocycles. The molecule has 160 valence electrons. The molecule has 1 N–H and O–H groups in total. The lowest BCUT2D eigenvalue weighted by atomic mass is 9.69. The molecule has 1 unspecified atom stereocenters. The number of halogens is 1. The van der Waals surface area contributed by atoms with Crippen LogP contribution in [0.3, 0.4) is 0 Å². The first kappa shape index (κ1) is 21.3. The van der Waals surface area contributed by atoms with Gasteiger partial charge in [0.1, 0.15) is 0 Å². The van der Waals surface area contributed by atoms with E-state index in [1.165, 1.54) is 6.92 Å². The first-order valence-electron chi connectivity index (χ1n) is 10.4. The maximum Gasteiger partial charge on any atom is 0.232 e. The number of hydrogen-bond donors (Lipinski definition) is 1. The molecule has 5 nitrogen and oxygen atoms in total. The highest BCUT2D eigenvalue weighted by Gasteiger charge is 2.44. The van der Waals surface area contributed by atoms with Gasteiger partial charge >= 0.3 is 0 Å². The lowest BCUT2D eigenvalue weighted by molar-refractivity contribution is -0.121. The number of anilines is 2. The molecule has 0 aromatic heterocycles. The van der Waals surface area contributed by atoms with Crippen molar-refractivity contribution in [2.75, 3.05) is 10.2 Å². The second-order valence-corrected chi connectivity index (χ2v) is 9.44. The zero-order valence-corrected chi connectivity index (χ0v) is 18.6. The number of nitrogens with one attached hydrogen (secondary N) is 1. The van der Waals surface area contributed by atoms with Gasteiger partial charge in [0.25, 0.3) is 0 Å². The Morgan fingerprint density at radius 2 is 1.74 bits per heavy atom. The van der Waals surface area contributed by atoms with Crippen LogP contribution >= 0.6 is 11.6 Å². The smallest absolute Gasteiger partial charge is 0.232 e. The Balaban J connectivity index is 1.83. The van der Waals surface area contributed by atoms with Gasteiger partial charge in [-0.15, -0.1) is 0 Å². The van der Waals surface area contributed by atoms with E-state index in [4.69, 9.17) is 11.6 Å². The highest BCUT2D eigenvalue weighted by atomic mass is 35.5. The van der Waals surface area contributed by atoms with Crippen LogP contribution in [0.5, 0.6) is 0 Å². The summed E-state index contributed by atoms with van der Waals surface area (Å²) in [5.74, 6) is -0.492. The number of carbonyl (C=O) groups excluding carboxylic acids is 3. The van der Waals surface area contributed by atoms with E-state index in [2.05, 4.69) is 19.2 Å². The number of allylic oxidation sites excluding steroid dienone is 2. The Bertz CT molecular complexity index is 1100. The van der Waals surface area contributed by atoms with Crippen molar-refractivity contribution in [1.29, 1.82) is 0 Å². The summed E-state index contributed by atoms with van der Waals surface area (Å²) < 4.78 is 0. The Kier molecular flexibility index (Phi) is 5.48. The molecule has 31 heavy (non-hydrogen) atoms. The summed E-state index contributed by atoms with van der Waals surface area (Å²) in [5.41, 5.74) is 3.37. The minimum Gasteiger partial charge on any atom is -0.326 e. The monoisotopic (exact) mass is 436 g/mol. The summed E-state index contributed by atoms with van der Waals surface area (Å²) in [6.07, 6.45) is 1.24. The molecule has 1 aliphatic carbocycles. The molecule has 0 saturated heterocycles. The van der Waals surface area contributed by atoms with Crippen LogP contribution in [0.1, 0.15) is 51.5 Å². The zero-order chi connectivity index (χ0) is 22.3. The van der Waals surface area contributed by atoms with Crippen molar-refractivity contribution in [1.82, 2.24) is 0 Å². The quantitative estimate of drug-likeness (QED) is 0.694. The van der Waals surface area contributed by atoms with Crippen molar-refractivity contribution in [3.8, 4) is 0 Å². The molecule has 0 bridgehead atoms. The Hall–Kier alpha value is -2.92. The predicted octanol–water partition coefficient (Wildman–Crippen LogP) is 5.46. The molecular formula is C25H25ClN2O3. The van der Waals surface area contributed by atoms with Crippen LogP contribution in [0.15, 0.2) is 59.8 Å². The standard InChI is InChI=1S/C25H25ClN2O3/c1-15(29)27-16-8-10-17(11-9-16)28-21-13-25(2,3)14-22(30)24(21)19(12-23(28)31)18-6-4-5-7-20(18)26/h4-11,19H,12-14H2,1-3H3,(H,27,29). The average molecular weight is 437 g/mol. The number of rotatable bonds is 3. The highest BCUT2D eigenvalue weighted by molar-refractivity contribution is 6.31. The molecule has 0 spiro atoms. The Labute approximate surface area is 187 Å². The lowest BCUT2D eigenvalue weighted by Gasteiger charge is -2.43. The van der Waals surface area contributed by atoms with E-state index in [1.807, 2.05) is 18.2 Å². The van der Waals surface area contributed by atoms with E-state index in [-0.39, 0.29) is 35.4 Å². The molecule has 0 radical (unpaired) electrons. The van der Waals surface area contributed by atoms with Crippen molar-refractivity contribution < 1.29 is 14.4 Å². The van der Waals surface area contributed by atoms with Crippen LogP contribution in [-0.4, -0.2) is 17.6 Å². The van der Waals surface area contributed by atoms with Gasteiger partial charge in [0.05, 0.1) is 0 Å². The van der Waals surface area contributed by atoms with Crippen molar-refractivity contribution in [3.05, 3.63) is 70.4 Å². The van der Waals surface area contributed by atoms with Crippen LogP contribution in [0.4, 0.5) is 11.4 Å². The molecule has 1 atom stereocenters. The van der Waals surface area contributed by atoms with E-state index in [0.29, 0.717) is 34.8 Å². The van der Waals surface area contributed by atoms with Gasteiger partial charge in [0, 0.05) is 53.4 Å². The molecule has 6 heteroatoms. The third-order valence-corrected chi connectivity index (χ3v) is 6.21. The highest BCUT2D eigenvalue weighted by Crippen LogP contribution is 2.49. The van der Waals surface area contributed by atoms with E-state index in [0.717, 1.165) is 11.3 Å². The maximum absolute atomic E-state index is 13.4. The predicted molar refractivity (Wildman–Crippen MR) is 122 cm³/mol. The van der Waals surface area contributed by atoms with Gasteiger partial charge in [0.2, 0.25) is 11.8 Å². The van der Waals surface area contributed by atoms with Crippen molar-refractivity contribution in [2.24, 2.45) is 5.41 Å². The molecule has 1 aliphatic heterocycles. The fraction of sp³-hybridized carbons (Fsp3) is 0.320. The summed E-state index contributed by atoms with van der Waals surface area (Å²) in [6, 6.07) is 14.6. The zero-order valence-electron chi connectivity index (χ0n) is 17.9. The Morgan fingerprint density at radius 3 is 2.39 bits per heavy atom. The number of Topliss-reactive ketones (excluding diaryl/α,β-unsaturated/α-hetero) is 1. The molecule has 0 saturated carbocycles. The van der Waals surface area contributed by atoms with E-state index >= 15 is 0 Å². The Morgan fingerprint density at radius 1 is 1.06 bits per heavy atom. The molecule has 2 amide bonds. The minimum absolute atomic E-state index is 0.0681. The summed E-state index contributed by atoms with van der Waals surface area (Å²) >= 11 is 6.46. The maximum atomic E-state index is 13.4. The van der Waals surface area contributed by atoms with Gasteiger partial charge in [-0.2, -0.15) is 0 Å². The minimum atomic E-state index is -0.338. The van der Waals surface area contributed by atoms with Crippen LogP contribution < -0.4 is 10.2 Å². The van der Waals surface area contributed by atoms with Gasteiger partial charge in [-0.05, 0) is 47.7 Å². The summed E-state index contributed by atoms with van der Waals surface area (Å²) in [4.78, 5) is 39.7. The number of carbonyl (C=O) groups is 3. The van der Waals surface area contributed by atoms with E-state index in [1.54, 1.807) is 35.2 Å². The number of ketones is 1. The molecular weight excluding hydrogens is 412 g/mol. The third-order valence-electron chi connectivity index (χ3n) is 5.87. The molecule has 2 aliphatic rings. The van der Waals surface area contributed by atoms with Crippen LogP contribution in [0.2, 0.25) is 5.02 Å². The average Bonchev–Trinajstić information content (AvgIpc) is 2.67. The number of benzene rings is 2. The molecule has 4 rings (SSSR count). The van der Waals surface area contributed by atoms with Gasteiger partial charge in [-0.3, -0.25) is 19.3 Å². The van der Waals surface area contributed by atoms with Gasteiger partial charge < -0.3 is 5.32 Å². The van der Waals surface area contributed by atoms with Crippen molar-refractivity contribution in [2.45, 2.75) is 46.0 Å². The number of hydrogen-bond acceptors (Lipinski definition) is 3. The number of amides is 2. The summed E-state index contributed by atoms with van der Waals surface area (Å²) in [6.45, 7) is 5.55. The molecule has 2 aromatic carbocycles. The third kappa shape index (κ3) is 4.15. The normalized spacial score (nSPS) is 20.5. The number of nitrogens with zero attached hydrogens (tertiary/aromatic N) is 1. The lowest BCUT2D eigenvalue weighted by Crippen LogP contribution is -2.43. The van der Waals surface area contributed by atoms with Crippen LogP contribution in [-0.2, 0) is 14.4 Å². The van der Waals surface area contributed by atoms with Gasteiger partial charge in [-0.25, -0.2) is 0 Å². The van der Waals surface area contributed by atoms with E-state index in [9.17, 15) is 14.4 Å². The second kappa shape index (κ2) is 7.97. The fourth-order valence-corrected chi connectivity index (χ4v) is 4.90. The topological polar surface area (TPSA) is 66.5 Å². The largest absolute Gasteiger partial charge is 0.326 e. The van der Waals surface area contributed by atoms with Crippen LogP contribution in [0.25, 0.3) is 0 Å².